The minimum atomic E-state index is 0.373. The molecule has 1 unspecified atom stereocenters. The van der Waals surface area contributed by atoms with Crippen molar-refractivity contribution in [2.24, 2.45) is 0 Å². The van der Waals surface area contributed by atoms with E-state index < -0.39 is 0 Å². The molecule has 21 heavy (non-hydrogen) atoms. The lowest BCUT2D eigenvalue weighted by atomic mass is 10.0. The lowest BCUT2D eigenvalue weighted by Crippen LogP contribution is -2.19. The zero-order valence-corrected chi connectivity index (χ0v) is 13.1. The van der Waals surface area contributed by atoms with Gasteiger partial charge in [-0.1, -0.05) is 19.1 Å². The standard InChI is InChI=1S/C18H24N2O/c1-4-9-20-15(3)17-5-6-18(14(2)12-17)21-13-16-7-10-19-11-8-16/h5-8,10-12,15,20H,4,9,13H2,1-3H3. The Bertz CT molecular complexity index is 554. The Hall–Kier alpha value is -1.87. The number of rotatable bonds is 7. The van der Waals surface area contributed by atoms with E-state index in [0.29, 0.717) is 12.6 Å². The molecular formula is C18H24N2O. The van der Waals surface area contributed by atoms with Gasteiger partial charge in [0, 0.05) is 18.4 Å². The first-order chi connectivity index (χ1) is 10.2. The SMILES string of the molecule is CCCNC(C)c1ccc(OCc2ccncc2)c(C)c1. The molecule has 3 heteroatoms. The van der Waals surface area contributed by atoms with Crippen molar-refractivity contribution < 1.29 is 4.74 Å². The Morgan fingerprint density at radius 2 is 1.95 bits per heavy atom. The second kappa shape index (κ2) is 7.79. The lowest BCUT2D eigenvalue weighted by molar-refractivity contribution is 0.304. The molecule has 1 heterocycles. The van der Waals surface area contributed by atoms with Crippen LogP contribution in [0.2, 0.25) is 0 Å². The zero-order chi connectivity index (χ0) is 15.1. The number of nitrogens with one attached hydrogen (secondary N) is 1. The van der Waals surface area contributed by atoms with Crippen LogP contribution in [-0.2, 0) is 6.61 Å². The van der Waals surface area contributed by atoms with E-state index >= 15 is 0 Å². The van der Waals surface area contributed by atoms with Crippen LogP contribution in [0.3, 0.4) is 0 Å². The summed E-state index contributed by atoms with van der Waals surface area (Å²) >= 11 is 0. The monoisotopic (exact) mass is 284 g/mol. The Labute approximate surface area is 127 Å². The Balaban J connectivity index is 1.99. The number of aryl methyl sites for hydroxylation is 1. The van der Waals surface area contributed by atoms with Gasteiger partial charge in [-0.15, -0.1) is 0 Å². The predicted molar refractivity (Wildman–Crippen MR) is 86.5 cm³/mol. The number of ether oxygens (including phenoxy) is 1. The fourth-order valence-electron chi connectivity index (χ4n) is 2.22. The van der Waals surface area contributed by atoms with Gasteiger partial charge in [0.2, 0.25) is 0 Å². The summed E-state index contributed by atoms with van der Waals surface area (Å²) in [4.78, 5) is 4.01. The molecule has 0 fully saturated rings. The Kier molecular flexibility index (Phi) is 5.76. The van der Waals surface area contributed by atoms with Gasteiger partial charge in [0.1, 0.15) is 12.4 Å². The summed E-state index contributed by atoms with van der Waals surface area (Å²) in [6.45, 7) is 8.09. The van der Waals surface area contributed by atoms with Crippen molar-refractivity contribution in [1.29, 1.82) is 0 Å². The smallest absolute Gasteiger partial charge is 0.122 e. The molecular weight excluding hydrogens is 260 g/mol. The Morgan fingerprint density at radius 1 is 1.19 bits per heavy atom. The fraction of sp³-hybridized carbons (Fsp3) is 0.389. The van der Waals surface area contributed by atoms with Crippen molar-refractivity contribution in [2.75, 3.05) is 6.54 Å². The van der Waals surface area contributed by atoms with Crippen molar-refractivity contribution in [3.05, 3.63) is 59.4 Å². The largest absolute Gasteiger partial charge is 0.489 e. The summed E-state index contributed by atoms with van der Waals surface area (Å²) in [7, 11) is 0. The van der Waals surface area contributed by atoms with E-state index in [4.69, 9.17) is 4.74 Å². The molecule has 0 aliphatic rings. The minimum absolute atomic E-state index is 0.373. The van der Waals surface area contributed by atoms with Gasteiger partial charge in [-0.2, -0.15) is 0 Å². The molecule has 0 radical (unpaired) electrons. The number of benzene rings is 1. The Morgan fingerprint density at radius 3 is 2.62 bits per heavy atom. The molecule has 1 N–H and O–H groups in total. The number of hydrogen-bond donors (Lipinski definition) is 1. The van der Waals surface area contributed by atoms with E-state index in [9.17, 15) is 0 Å². The lowest BCUT2D eigenvalue weighted by Gasteiger charge is -2.16. The van der Waals surface area contributed by atoms with Gasteiger partial charge in [0.15, 0.2) is 0 Å². The van der Waals surface area contributed by atoms with Crippen molar-refractivity contribution in [2.45, 2.75) is 39.8 Å². The average Bonchev–Trinajstić information content (AvgIpc) is 2.52. The molecule has 1 aromatic heterocycles. The van der Waals surface area contributed by atoms with Crippen molar-refractivity contribution in [1.82, 2.24) is 10.3 Å². The van der Waals surface area contributed by atoms with E-state index in [2.05, 4.69) is 49.3 Å². The van der Waals surface area contributed by atoms with Crippen LogP contribution in [0.25, 0.3) is 0 Å². The molecule has 0 spiro atoms. The molecule has 1 atom stereocenters. The summed E-state index contributed by atoms with van der Waals surface area (Å²) in [5, 5.41) is 3.51. The summed E-state index contributed by atoms with van der Waals surface area (Å²) in [6, 6.07) is 10.7. The summed E-state index contributed by atoms with van der Waals surface area (Å²) < 4.78 is 5.89. The maximum Gasteiger partial charge on any atom is 0.122 e. The molecule has 1 aromatic carbocycles. The number of nitrogens with zero attached hydrogens (tertiary/aromatic N) is 1. The van der Waals surface area contributed by atoms with E-state index in [1.165, 1.54) is 11.1 Å². The number of hydrogen-bond acceptors (Lipinski definition) is 3. The minimum Gasteiger partial charge on any atom is -0.489 e. The van der Waals surface area contributed by atoms with Gasteiger partial charge in [-0.25, -0.2) is 0 Å². The fourth-order valence-corrected chi connectivity index (χ4v) is 2.22. The van der Waals surface area contributed by atoms with Crippen LogP contribution in [0.5, 0.6) is 5.75 Å². The summed E-state index contributed by atoms with van der Waals surface area (Å²) in [5.41, 5.74) is 3.61. The molecule has 0 saturated carbocycles. The van der Waals surface area contributed by atoms with Gasteiger partial charge in [-0.05, 0) is 61.7 Å². The second-order valence-electron chi connectivity index (χ2n) is 5.34. The van der Waals surface area contributed by atoms with Crippen LogP contribution in [0.15, 0.2) is 42.7 Å². The van der Waals surface area contributed by atoms with Gasteiger partial charge in [0.25, 0.3) is 0 Å². The van der Waals surface area contributed by atoms with E-state index in [-0.39, 0.29) is 0 Å². The average molecular weight is 284 g/mol. The van der Waals surface area contributed by atoms with Crippen LogP contribution >= 0.6 is 0 Å². The first-order valence-electron chi connectivity index (χ1n) is 7.56. The molecule has 0 saturated heterocycles. The molecule has 0 bridgehead atoms. The quantitative estimate of drug-likeness (QED) is 0.833. The van der Waals surface area contributed by atoms with Gasteiger partial charge in [0.05, 0.1) is 0 Å². The zero-order valence-electron chi connectivity index (χ0n) is 13.1. The summed E-state index contributed by atoms with van der Waals surface area (Å²) in [5.74, 6) is 0.943. The molecule has 112 valence electrons. The molecule has 0 amide bonds. The highest BCUT2D eigenvalue weighted by atomic mass is 16.5. The second-order valence-corrected chi connectivity index (χ2v) is 5.34. The van der Waals surface area contributed by atoms with Gasteiger partial charge in [-0.3, -0.25) is 4.98 Å². The topological polar surface area (TPSA) is 34.1 Å². The van der Waals surface area contributed by atoms with Crippen molar-refractivity contribution in [3.63, 3.8) is 0 Å². The van der Waals surface area contributed by atoms with E-state index in [0.717, 1.165) is 24.3 Å². The predicted octanol–water partition coefficient (Wildman–Crippen LogP) is 4.03. The molecule has 2 aromatic rings. The molecule has 3 nitrogen and oxygen atoms in total. The first kappa shape index (κ1) is 15.5. The van der Waals surface area contributed by atoms with Gasteiger partial charge >= 0.3 is 0 Å². The summed E-state index contributed by atoms with van der Waals surface area (Å²) in [6.07, 6.45) is 4.72. The third kappa shape index (κ3) is 4.57. The van der Waals surface area contributed by atoms with Gasteiger partial charge < -0.3 is 10.1 Å². The maximum atomic E-state index is 5.89. The third-order valence-corrected chi connectivity index (χ3v) is 3.54. The van der Waals surface area contributed by atoms with Crippen LogP contribution < -0.4 is 10.1 Å². The van der Waals surface area contributed by atoms with Crippen LogP contribution in [0.4, 0.5) is 0 Å². The maximum absolute atomic E-state index is 5.89. The van der Waals surface area contributed by atoms with E-state index in [1.54, 1.807) is 12.4 Å². The van der Waals surface area contributed by atoms with Crippen molar-refractivity contribution >= 4 is 0 Å². The highest BCUT2D eigenvalue weighted by Crippen LogP contribution is 2.23. The highest BCUT2D eigenvalue weighted by molar-refractivity contribution is 5.37. The number of pyridine rings is 1. The van der Waals surface area contributed by atoms with Crippen molar-refractivity contribution in [3.8, 4) is 5.75 Å². The normalized spacial score (nSPS) is 12.1. The third-order valence-electron chi connectivity index (χ3n) is 3.54. The van der Waals surface area contributed by atoms with Crippen LogP contribution in [0, 0.1) is 6.92 Å². The molecule has 0 aliphatic carbocycles. The molecule has 0 aliphatic heterocycles. The first-order valence-corrected chi connectivity index (χ1v) is 7.56. The number of aromatic nitrogens is 1. The van der Waals surface area contributed by atoms with Crippen LogP contribution in [-0.4, -0.2) is 11.5 Å². The highest BCUT2D eigenvalue weighted by Gasteiger charge is 2.07. The molecule has 2 rings (SSSR count). The van der Waals surface area contributed by atoms with Crippen LogP contribution in [0.1, 0.15) is 43.0 Å². The van der Waals surface area contributed by atoms with E-state index in [1.807, 2.05) is 12.1 Å².